The van der Waals surface area contributed by atoms with Gasteiger partial charge in [-0.2, -0.15) is 12.6 Å². The standard InChI is InChI=1S/C23H36N6O7S/c24-10-2-1-3-16(27-20(32)15(25)8-9-19(26)31)21(33)28-17(11-13-4-6-14(30)7-5-13)22(34)29-18(12-37)23(35)36/h4-7,15-18,30,37H,1-3,8-12,24-25H2,(H2,26,31)(H,27,32)(H,28,33)(H,29,34)(H,35,36). The van der Waals surface area contributed by atoms with Crippen molar-refractivity contribution in [3.8, 4) is 5.75 Å². The summed E-state index contributed by atoms with van der Waals surface area (Å²) in [6.07, 6.45) is 1.11. The van der Waals surface area contributed by atoms with Crippen molar-refractivity contribution >= 4 is 42.2 Å². The minimum Gasteiger partial charge on any atom is -0.508 e. The lowest BCUT2D eigenvalue weighted by Crippen LogP contribution is -2.57. The molecule has 0 radical (unpaired) electrons. The topological polar surface area (TPSA) is 240 Å². The van der Waals surface area contributed by atoms with Crippen LogP contribution in [0.15, 0.2) is 24.3 Å². The molecule has 0 bridgehead atoms. The molecule has 0 saturated carbocycles. The summed E-state index contributed by atoms with van der Waals surface area (Å²) < 4.78 is 0. The number of rotatable bonds is 17. The average molecular weight is 541 g/mol. The van der Waals surface area contributed by atoms with Crippen LogP contribution in [0.1, 0.15) is 37.7 Å². The number of phenols is 1. The van der Waals surface area contributed by atoms with Gasteiger partial charge in [-0.25, -0.2) is 4.79 Å². The van der Waals surface area contributed by atoms with Crippen molar-refractivity contribution in [1.29, 1.82) is 0 Å². The second-order valence-electron chi connectivity index (χ2n) is 8.47. The third-order valence-electron chi connectivity index (χ3n) is 5.42. The highest BCUT2D eigenvalue weighted by Gasteiger charge is 2.30. The summed E-state index contributed by atoms with van der Waals surface area (Å²) in [7, 11) is 0. The maximum absolute atomic E-state index is 13.2. The van der Waals surface area contributed by atoms with Gasteiger partial charge in [-0.3, -0.25) is 19.2 Å². The molecule has 0 aliphatic heterocycles. The number of carbonyl (C=O) groups excluding carboxylic acids is 4. The third kappa shape index (κ3) is 11.9. The number of hydrogen-bond donors (Lipinski definition) is 9. The predicted octanol–water partition coefficient (Wildman–Crippen LogP) is -1.87. The Labute approximate surface area is 220 Å². The van der Waals surface area contributed by atoms with E-state index in [9.17, 15) is 34.2 Å². The zero-order chi connectivity index (χ0) is 28.0. The third-order valence-corrected chi connectivity index (χ3v) is 5.79. The molecule has 13 nitrogen and oxygen atoms in total. The van der Waals surface area contributed by atoms with Crippen molar-refractivity contribution in [2.75, 3.05) is 12.3 Å². The van der Waals surface area contributed by atoms with Crippen molar-refractivity contribution in [2.45, 2.75) is 62.7 Å². The lowest BCUT2D eigenvalue weighted by Gasteiger charge is -2.25. The first-order valence-electron chi connectivity index (χ1n) is 11.7. The van der Waals surface area contributed by atoms with E-state index >= 15 is 0 Å². The molecule has 0 aliphatic rings. The normalized spacial score (nSPS) is 14.0. The van der Waals surface area contributed by atoms with Gasteiger partial charge in [-0.1, -0.05) is 12.1 Å². The highest BCUT2D eigenvalue weighted by molar-refractivity contribution is 7.80. The first-order valence-corrected chi connectivity index (χ1v) is 12.4. The van der Waals surface area contributed by atoms with Crippen LogP contribution in [0, 0.1) is 0 Å². The second-order valence-corrected chi connectivity index (χ2v) is 8.84. The number of benzene rings is 1. The maximum atomic E-state index is 13.2. The van der Waals surface area contributed by atoms with E-state index in [0.29, 0.717) is 24.9 Å². The van der Waals surface area contributed by atoms with Crippen molar-refractivity contribution < 1.29 is 34.2 Å². The summed E-state index contributed by atoms with van der Waals surface area (Å²) >= 11 is 3.94. The minimum atomic E-state index is -1.30. The SMILES string of the molecule is NCCCCC(NC(=O)C(N)CCC(N)=O)C(=O)NC(Cc1ccc(O)cc1)C(=O)NC(CS)C(=O)O. The number of nitrogens with one attached hydrogen (secondary N) is 3. The maximum Gasteiger partial charge on any atom is 0.327 e. The largest absolute Gasteiger partial charge is 0.508 e. The van der Waals surface area contributed by atoms with Crippen LogP contribution in [0.3, 0.4) is 0 Å². The summed E-state index contributed by atoms with van der Waals surface area (Å²) in [5, 5.41) is 26.2. The number of aliphatic carboxylic acids is 1. The van der Waals surface area contributed by atoms with Gasteiger partial charge in [0, 0.05) is 18.6 Å². The van der Waals surface area contributed by atoms with Gasteiger partial charge in [0.25, 0.3) is 0 Å². The van der Waals surface area contributed by atoms with Crippen molar-refractivity contribution in [2.24, 2.45) is 17.2 Å². The quantitative estimate of drug-likeness (QED) is 0.0792. The minimum absolute atomic E-state index is 0.00477. The monoisotopic (exact) mass is 540 g/mol. The lowest BCUT2D eigenvalue weighted by atomic mass is 10.0. The number of carbonyl (C=O) groups is 5. The Hall–Kier alpha value is -3.36. The first kappa shape index (κ1) is 31.7. The summed E-state index contributed by atoms with van der Waals surface area (Å²) in [6.45, 7) is 0.368. The number of hydrogen-bond acceptors (Lipinski definition) is 9. The molecule has 4 unspecified atom stereocenters. The molecule has 206 valence electrons. The smallest absolute Gasteiger partial charge is 0.327 e. The van der Waals surface area contributed by atoms with Gasteiger partial charge in [-0.15, -0.1) is 0 Å². The number of unbranched alkanes of at least 4 members (excludes halogenated alkanes) is 1. The molecule has 0 heterocycles. The summed E-state index contributed by atoms with van der Waals surface area (Å²) in [6, 6.07) is 1.25. The zero-order valence-electron chi connectivity index (χ0n) is 20.4. The Bertz CT molecular complexity index is 931. The molecular formula is C23H36N6O7S. The molecule has 0 aliphatic carbocycles. The van der Waals surface area contributed by atoms with Crippen molar-refractivity contribution in [1.82, 2.24) is 16.0 Å². The number of carboxylic acid groups (broad SMARTS) is 1. The Kier molecular flexibility index (Phi) is 14.0. The van der Waals surface area contributed by atoms with Gasteiger partial charge < -0.3 is 43.4 Å². The Morgan fingerprint density at radius 3 is 1.97 bits per heavy atom. The van der Waals surface area contributed by atoms with Crippen LogP contribution in [0.4, 0.5) is 0 Å². The molecule has 1 rings (SSSR count). The number of phenolic OH excluding ortho intramolecular Hbond substituents is 1. The van der Waals surface area contributed by atoms with Crippen molar-refractivity contribution in [3.63, 3.8) is 0 Å². The fourth-order valence-electron chi connectivity index (χ4n) is 3.28. The molecule has 0 saturated heterocycles. The van der Waals surface area contributed by atoms with E-state index in [1.165, 1.54) is 12.1 Å². The number of primary amides is 1. The molecule has 1 aromatic rings. The Balaban J connectivity index is 3.09. The van der Waals surface area contributed by atoms with E-state index < -0.39 is 53.8 Å². The van der Waals surface area contributed by atoms with E-state index in [-0.39, 0.29) is 37.2 Å². The fraction of sp³-hybridized carbons (Fsp3) is 0.522. The molecular weight excluding hydrogens is 504 g/mol. The van der Waals surface area contributed by atoms with E-state index in [2.05, 4.69) is 28.6 Å². The second kappa shape index (κ2) is 16.4. The highest BCUT2D eigenvalue weighted by atomic mass is 32.1. The average Bonchev–Trinajstić information content (AvgIpc) is 2.85. The summed E-state index contributed by atoms with van der Waals surface area (Å²) in [4.78, 5) is 61.0. The Morgan fingerprint density at radius 1 is 0.865 bits per heavy atom. The fourth-order valence-corrected chi connectivity index (χ4v) is 3.52. The van der Waals surface area contributed by atoms with Gasteiger partial charge in [0.05, 0.1) is 6.04 Å². The van der Waals surface area contributed by atoms with Crippen molar-refractivity contribution in [3.05, 3.63) is 29.8 Å². The van der Waals surface area contributed by atoms with E-state index in [1.807, 2.05) is 0 Å². The molecule has 4 atom stereocenters. The molecule has 11 N–H and O–H groups in total. The van der Waals surface area contributed by atoms with Gasteiger partial charge in [0.1, 0.15) is 23.9 Å². The molecule has 0 aromatic heterocycles. The van der Waals surface area contributed by atoms with Crippen LogP contribution in [0.5, 0.6) is 5.75 Å². The molecule has 37 heavy (non-hydrogen) atoms. The Morgan fingerprint density at radius 2 is 1.43 bits per heavy atom. The predicted molar refractivity (Wildman–Crippen MR) is 138 cm³/mol. The number of nitrogens with two attached hydrogens (primary N) is 3. The molecule has 4 amide bonds. The van der Waals surface area contributed by atoms with Crippen LogP contribution in [-0.2, 0) is 30.4 Å². The summed E-state index contributed by atoms with van der Waals surface area (Å²) in [5.41, 5.74) is 17.0. The van der Waals surface area contributed by atoms with E-state index in [1.54, 1.807) is 12.1 Å². The lowest BCUT2D eigenvalue weighted by molar-refractivity contribution is -0.141. The van der Waals surface area contributed by atoms with E-state index in [0.717, 1.165) is 0 Å². The van der Waals surface area contributed by atoms with Crippen LogP contribution >= 0.6 is 12.6 Å². The number of thiol groups is 1. The molecule has 0 spiro atoms. The molecule has 1 aromatic carbocycles. The molecule has 0 fully saturated rings. The van der Waals surface area contributed by atoms with Gasteiger partial charge in [0.2, 0.25) is 23.6 Å². The van der Waals surface area contributed by atoms with Crippen LogP contribution in [0.25, 0.3) is 0 Å². The number of carboxylic acids is 1. The summed E-state index contributed by atoms with van der Waals surface area (Å²) in [5.74, 6) is -4.22. The van der Waals surface area contributed by atoms with Crippen LogP contribution < -0.4 is 33.2 Å². The van der Waals surface area contributed by atoms with Gasteiger partial charge in [0.15, 0.2) is 0 Å². The van der Waals surface area contributed by atoms with Gasteiger partial charge >= 0.3 is 5.97 Å². The van der Waals surface area contributed by atoms with Gasteiger partial charge in [-0.05, 0) is 49.9 Å². The van der Waals surface area contributed by atoms with Crippen LogP contribution in [0.2, 0.25) is 0 Å². The molecule has 14 heteroatoms. The number of aromatic hydroxyl groups is 1. The van der Waals surface area contributed by atoms with Crippen LogP contribution in [-0.4, -0.2) is 76.3 Å². The zero-order valence-corrected chi connectivity index (χ0v) is 21.3. The van der Waals surface area contributed by atoms with E-state index in [4.69, 9.17) is 17.2 Å². The highest BCUT2D eigenvalue weighted by Crippen LogP contribution is 2.12. The first-order chi connectivity index (χ1) is 17.5. The number of amides is 4.